The molecule has 8 aliphatic rings. The standard InChI is InChI=1S/C104H195O24P/c1-67-21-13-29-75(9)83-45-41-79(57-83)33-17-25-71(5)49-53-120-62-87(64-124-102-97(113)96(112)101(115)104(102,117)66-125-99-89(61-105)127-103(116)98(114)95(99)111)122-55-51-73(7)27-19-35-81-43-47-85(59-81)77(11)31-15-23-69(3)39-37-68(2)22-14-30-76(10)84-46-42-80(58-84)34-18-26-72(6)50-54-121-63-88(65-126-129(118,119)128-100-93(109)91(107)90(106)92(108)94(100)110)123-56-52-74(8)28-20-36-82-44-48-86(60-82)78(12)32-16-24-70(4)40-38-67/h67-103,105-117H,13-66H2,1-12H3,(H,118,119)/p-1/t67-,68-,69-,70-,71+,72+,73+,74+,75+,76+,77+,78+,79-,80?,81-,82-,83-,84?,85-,86-,87+,88-,89+,90?,91-,92+,93-,94-,95+,96+,97+,98+,99+,100?,101+,102-,103+,104-/m0/s1. The van der Waals surface area contributed by atoms with Gasteiger partial charge in [-0.05, 0) is 195 Å². The van der Waals surface area contributed by atoms with Gasteiger partial charge >= 0.3 is 0 Å². The fourth-order valence-electron chi connectivity index (χ4n) is 24.1. The van der Waals surface area contributed by atoms with Gasteiger partial charge in [0.05, 0.1) is 39.6 Å². The van der Waals surface area contributed by atoms with Crippen LogP contribution in [0, 0.1) is 118 Å². The minimum atomic E-state index is -5.23. The smallest absolute Gasteiger partial charge is 0.268 e. The third kappa shape index (κ3) is 38.7. The molecule has 2 heterocycles. The summed E-state index contributed by atoms with van der Waals surface area (Å²) in [5, 5.41) is 138. The molecule has 0 radical (unpaired) electrons. The maximum absolute atomic E-state index is 13.2. The van der Waals surface area contributed by atoms with Crippen LogP contribution in [0.2, 0.25) is 0 Å². The Labute approximate surface area is 781 Å². The van der Waals surface area contributed by atoms with Crippen molar-refractivity contribution in [1.29, 1.82) is 0 Å². The summed E-state index contributed by atoms with van der Waals surface area (Å²) in [6.45, 7) is 29.1. The van der Waals surface area contributed by atoms with Crippen LogP contribution in [0.25, 0.3) is 0 Å². The Morgan fingerprint density at radius 1 is 0.341 bits per heavy atom. The highest BCUT2D eigenvalue weighted by Crippen LogP contribution is 2.48. The van der Waals surface area contributed by atoms with E-state index in [1.807, 2.05) is 0 Å². The molecular formula is C104H194O24P-. The third-order valence-electron chi connectivity index (χ3n) is 34.1. The van der Waals surface area contributed by atoms with E-state index in [9.17, 15) is 75.8 Å². The van der Waals surface area contributed by atoms with Gasteiger partial charge in [0.25, 0.3) is 7.82 Å². The van der Waals surface area contributed by atoms with Crippen molar-refractivity contribution in [2.24, 2.45) is 118 Å². The molecule has 6 aliphatic carbocycles. The van der Waals surface area contributed by atoms with Crippen molar-refractivity contribution < 1.29 is 118 Å². The molecule has 8 bridgehead atoms. The van der Waals surface area contributed by atoms with E-state index in [-0.39, 0.29) is 19.8 Å². The zero-order valence-electron chi connectivity index (χ0n) is 82.8. The number of aliphatic hydroxyl groups is 13. The van der Waals surface area contributed by atoms with Crippen molar-refractivity contribution in [2.75, 3.05) is 66.1 Å². The minimum Gasteiger partial charge on any atom is -0.756 e. The zero-order chi connectivity index (χ0) is 93.9. The molecule has 129 heavy (non-hydrogen) atoms. The average Bonchev–Trinajstić information content (AvgIpc) is 1.61. The highest BCUT2D eigenvalue weighted by molar-refractivity contribution is 7.45. The molecular weight excluding hydrogens is 1660 g/mol. The van der Waals surface area contributed by atoms with Gasteiger partial charge in [-0.25, -0.2) is 0 Å². The molecule has 13 N–H and O–H groups in total. The van der Waals surface area contributed by atoms with E-state index in [4.69, 9.17) is 42.2 Å². The molecule has 8 fully saturated rings. The van der Waals surface area contributed by atoms with Gasteiger partial charge in [0.2, 0.25) is 0 Å². The number of phosphoric ester groups is 1. The van der Waals surface area contributed by atoms with E-state index in [1.54, 1.807) is 0 Å². The summed E-state index contributed by atoms with van der Waals surface area (Å²) in [4.78, 5) is 13.2. The first kappa shape index (κ1) is 114. The van der Waals surface area contributed by atoms with Crippen LogP contribution < -0.4 is 4.89 Å². The summed E-state index contributed by atoms with van der Waals surface area (Å²) in [6.07, 6.45) is 26.5. The van der Waals surface area contributed by atoms with Crippen LogP contribution in [0.1, 0.15) is 366 Å². The van der Waals surface area contributed by atoms with Crippen LogP contribution in [0.4, 0.5) is 0 Å². The second-order valence-electron chi connectivity index (χ2n) is 45.3. The van der Waals surface area contributed by atoms with E-state index in [1.165, 1.54) is 225 Å². The molecule has 0 aromatic carbocycles. The first-order chi connectivity index (χ1) is 61.5. The second kappa shape index (κ2) is 59.1. The lowest BCUT2D eigenvalue weighted by atomic mass is 9.84. The Morgan fingerprint density at radius 3 is 1.02 bits per heavy atom. The normalized spacial score (nSPS) is 44.8. The maximum atomic E-state index is 13.2. The Morgan fingerprint density at radius 2 is 0.659 bits per heavy atom. The van der Waals surface area contributed by atoms with E-state index in [0.717, 1.165) is 152 Å². The van der Waals surface area contributed by atoms with Gasteiger partial charge in [-0.3, -0.25) is 4.57 Å². The van der Waals surface area contributed by atoms with Crippen LogP contribution in [0.15, 0.2) is 0 Å². The quantitative estimate of drug-likeness (QED) is 0.0807. The van der Waals surface area contributed by atoms with Crippen molar-refractivity contribution >= 4 is 7.82 Å². The van der Waals surface area contributed by atoms with Gasteiger partial charge in [-0.2, -0.15) is 0 Å². The number of aliphatic hydroxyl groups excluding tert-OH is 12. The van der Waals surface area contributed by atoms with Gasteiger partial charge in [-0.15, -0.1) is 0 Å². The summed E-state index contributed by atoms with van der Waals surface area (Å²) in [6, 6.07) is 0. The summed E-state index contributed by atoms with van der Waals surface area (Å²) in [5.74, 6) is 14.2. The average molecular weight is 1860 g/mol. The molecule has 24 nitrogen and oxygen atoms in total. The lowest BCUT2D eigenvalue weighted by molar-refractivity contribution is -0.303. The number of hydrogen-bond donors (Lipinski definition) is 13. The van der Waals surface area contributed by atoms with Gasteiger partial charge in [0, 0.05) is 26.4 Å². The van der Waals surface area contributed by atoms with Gasteiger partial charge in [0.15, 0.2) is 6.29 Å². The van der Waals surface area contributed by atoms with Crippen LogP contribution in [0.3, 0.4) is 0 Å². The molecule has 8 rings (SSSR count). The topological polar surface area (TPSA) is 386 Å². The van der Waals surface area contributed by atoms with Crippen LogP contribution in [-0.4, -0.2) is 242 Å². The third-order valence-corrected chi connectivity index (χ3v) is 35.1. The van der Waals surface area contributed by atoms with Crippen molar-refractivity contribution in [3.8, 4) is 0 Å². The summed E-state index contributed by atoms with van der Waals surface area (Å²) in [7, 11) is -5.23. The molecule has 760 valence electrons. The van der Waals surface area contributed by atoms with Crippen molar-refractivity contribution in [3.05, 3.63) is 0 Å². The largest absolute Gasteiger partial charge is 0.756 e. The number of rotatable bonds is 12. The van der Waals surface area contributed by atoms with Crippen LogP contribution in [-0.2, 0) is 46.8 Å². The van der Waals surface area contributed by atoms with Crippen LogP contribution >= 0.6 is 7.82 Å². The highest BCUT2D eigenvalue weighted by atomic mass is 31.2. The molecule has 6 saturated carbocycles. The molecule has 2 saturated heterocycles. The van der Waals surface area contributed by atoms with E-state index in [0.29, 0.717) is 50.1 Å². The SMILES string of the molecule is C[C@@H]1CCC[C@H]2CC[C@@H](C2)[C@H](C)CCC[C@H](C)CC[C@@H](C)CCC[C@@H](C)[C@H]2CC[C@H](CCC[C@@H](C)CCO[C@H](COP(=O)([O-])OC3[C@@H](O)[C@H](O)C(O)[C@H](O)[C@@H]3O)COCC[C@H](C)CCCC3CCC(C3)[C@H](C)CCC[C@H](C)CC[C@@H](C)CCC[C@@H](C)[C@H]3CC[C@H](CCC[C@@H](C)CCO[C@@H](CO[C@H]4[C@H](O)[C@@H](O)[C@@H](O)[C@@]4(O)CO[C@H]4[C@H](O)[C@@H](O)[C@H](O)O[C@@H]4CO)COCC1)C3)C2. The highest BCUT2D eigenvalue weighted by Gasteiger charge is 2.61. The number of hydrogen-bond acceptors (Lipinski definition) is 24. The van der Waals surface area contributed by atoms with Gasteiger partial charge < -0.3 is 113 Å². The van der Waals surface area contributed by atoms with Crippen molar-refractivity contribution in [1.82, 2.24) is 0 Å². The molecule has 25 heteroatoms. The van der Waals surface area contributed by atoms with Crippen molar-refractivity contribution in [2.45, 2.75) is 475 Å². The lowest BCUT2D eigenvalue weighted by Gasteiger charge is -2.43. The first-order valence-electron chi connectivity index (χ1n) is 53.3. The van der Waals surface area contributed by atoms with E-state index in [2.05, 4.69) is 83.1 Å². The molecule has 0 amide bonds. The van der Waals surface area contributed by atoms with Crippen molar-refractivity contribution in [3.63, 3.8) is 0 Å². The summed E-state index contributed by atoms with van der Waals surface area (Å²) >= 11 is 0. The molecule has 0 aromatic rings. The minimum absolute atomic E-state index is 0.0960. The first-order valence-corrected chi connectivity index (χ1v) is 54.7. The zero-order valence-corrected chi connectivity index (χ0v) is 83.7. The summed E-state index contributed by atoms with van der Waals surface area (Å²) in [5.41, 5.74) is -2.40. The van der Waals surface area contributed by atoms with E-state index < -0.39 is 137 Å². The molecule has 2 aliphatic heterocycles. The lowest BCUT2D eigenvalue weighted by Crippen LogP contribution is -2.64. The Hall–Kier alpha value is -0.690. The number of fused-ring (bicyclic) bond motifs is 8. The fourth-order valence-corrected chi connectivity index (χ4v) is 25.0. The number of ether oxygens (including phenoxy) is 7. The van der Waals surface area contributed by atoms with Gasteiger partial charge in [0.1, 0.15) is 103 Å². The maximum Gasteiger partial charge on any atom is 0.268 e. The fraction of sp³-hybridized carbons (Fsp3) is 1.00. The second-order valence-corrected chi connectivity index (χ2v) is 46.7. The molecule has 39 atom stereocenters. The Balaban J connectivity index is 0.785. The summed E-state index contributed by atoms with van der Waals surface area (Å²) < 4.78 is 66.3. The number of phosphoric acid groups is 1. The monoisotopic (exact) mass is 1860 g/mol. The molecule has 0 spiro atoms. The van der Waals surface area contributed by atoms with Crippen LogP contribution in [0.5, 0.6) is 0 Å². The predicted molar refractivity (Wildman–Crippen MR) is 503 cm³/mol. The predicted octanol–water partition coefficient (Wildman–Crippen LogP) is 16.3. The Bertz CT molecular complexity index is 2950. The molecule has 0 aromatic heterocycles. The van der Waals surface area contributed by atoms with Gasteiger partial charge in [-0.1, -0.05) is 289 Å². The van der Waals surface area contributed by atoms with E-state index >= 15 is 0 Å². The molecule has 5 unspecified atom stereocenters. The Kier molecular flexibility index (Phi) is 52.1.